The van der Waals surface area contributed by atoms with Gasteiger partial charge in [0.05, 0.1) is 12.6 Å². The number of aliphatic imine (C=N–C) groups is 1. The van der Waals surface area contributed by atoms with Crippen LogP contribution in [0.25, 0.3) is 0 Å². The molecule has 2 saturated carbocycles. The van der Waals surface area contributed by atoms with Crippen LogP contribution in [-0.4, -0.2) is 85.7 Å². The van der Waals surface area contributed by atoms with Crippen LogP contribution in [0.3, 0.4) is 0 Å². The van der Waals surface area contributed by atoms with Crippen molar-refractivity contribution in [3.05, 3.63) is 0 Å². The normalized spacial score (nSPS) is 30.7. The van der Waals surface area contributed by atoms with Gasteiger partial charge in [-0.1, -0.05) is 12.8 Å². The van der Waals surface area contributed by atoms with Crippen LogP contribution in [0.2, 0.25) is 0 Å². The Balaban J connectivity index is 0.00000256. The van der Waals surface area contributed by atoms with Crippen molar-refractivity contribution in [1.82, 2.24) is 20.4 Å². The molecule has 8 heteroatoms. The molecule has 2 heterocycles. The highest BCUT2D eigenvalue weighted by atomic mass is 127. The Morgan fingerprint density at radius 1 is 1.20 bits per heavy atom. The summed E-state index contributed by atoms with van der Waals surface area (Å²) in [5.41, 5.74) is 0.340. The molecule has 0 aromatic rings. The molecule has 3 atom stereocenters. The molecule has 0 aromatic carbocycles. The number of nitrogens with one attached hydrogen (secondary N) is 2. The number of hydrogen-bond acceptors (Lipinski definition) is 4. The minimum absolute atomic E-state index is 0. The summed E-state index contributed by atoms with van der Waals surface area (Å²) in [5.74, 6) is 1.84. The number of hydrogen-bond donors (Lipinski definition) is 2. The molecule has 4 rings (SSSR count). The van der Waals surface area contributed by atoms with Gasteiger partial charge in [-0.05, 0) is 40.0 Å². The van der Waals surface area contributed by atoms with Crippen molar-refractivity contribution in [2.75, 3.05) is 45.9 Å². The summed E-state index contributed by atoms with van der Waals surface area (Å²) in [6.07, 6.45) is 6.92. The summed E-state index contributed by atoms with van der Waals surface area (Å²) >= 11 is 0. The molecule has 4 fully saturated rings. The third kappa shape index (κ3) is 4.75. The van der Waals surface area contributed by atoms with Gasteiger partial charge < -0.3 is 20.3 Å². The predicted molar refractivity (Wildman–Crippen MR) is 130 cm³/mol. The molecule has 2 aliphatic heterocycles. The van der Waals surface area contributed by atoms with Crippen molar-refractivity contribution in [2.45, 2.75) is 71.1 Å². The summed E-state index contributed by atoms with van der Waals surface area (Å²) in [6, 6.07) is 0.711. The van der Waals surface area contributed by atoms with Gasteiger partial charge in [-0.3, -0.25) is 14.7 Å². The summed E-state index contributed by atoms with van der Waals surface area (Å²) < 4.78 is 6.15. The number of rotatable bonds is 5. The molecule has 0 radical (unpaired) electrons. The number of ether oxygens (including phenoxy) is 1. The first-order chi connectivity index (χ1) is 14.0. The highest BCUT2D eigenvalue weighted by Crippen LogP contribution is 2.60. The molecule has 3 unspecified atom stereocenters. The number of nitrogens with zero attached hydrogens (tertiary/aromatic N) is 3. The number of guanidine groups is 1. The van der Waals surface area contributed by atoms with Crippen LogP contribution in [0, 0.1) is 11.3 Å². The van der Waals surface area contributed by atoms with E-state index in [4.69, 9.17) is 9.73 Å². The van der Waals surface area contributed by atoms with Gasteiger partial charge in [0.2, 0.25) is 5.91 Å². The Hall–Kier alpha value is -0.610. The van der Waals surface area contributed by atoms with Crippen molar-refractivity contribution < 1.29 is 9.53 Å². The number of amides is 1. The maximum Gasteiger partial charge on any atom is 0.234 e. The van der Waals surface area contributed by atoms with Gasteiger partial charge in [-0.25, -0.2) is 0 Å². The van der Waals surface area contributed by atoms with Gasteiger partial charge in [0, 0.05) is 62.7 Å². The van der Waals surface area contributed by atoms with Crippen LogP contribution < -0.4 is 10.6 Å². The monoisotopic (exact) mass is 533 g/mol. The van der Waals surface area contributed by atoms with Crippen molar-refractivity contribution in [2.24, 2.45) is 16.3 Å². The molecule has 30 heavy (non-hydrogen) atoms. The lowest BCUT2D eigenvalue weighted by Gasteiger charge is -2.57. The zero-order chi connectivity index (χ0) is 20.4. The van der Waals surface area contributed by atoms with Crippen LogP contribution in [0.5, 0.6) is 0 Å². The van der Waals surface area contributed by atoms with Crippen LogP contribution >= 0.6 is 24.0 Å². The fraction of sp³-hybridized carbons (Fsp3) is 0.909. The SMILES string of the molecule is CCN=C(NC1C2CCOC2C12CCCC2)N1CCN(CC(=O)NC(C)C)CC1.I. The molecule has 2 saturated heterocycles. The molecule has 2 aliphatic carbocycles. The maximum atomic E-state index is 12.1. The van der Waals surface area contributed by atoms with Gasteiger partial charge in [0.15, 0.2) is 5.96 Å². The van der Waals surface area contributed by atoms with E-state index in [0.717, 1.165) is 45.3 Å². The lowest BCUT2D eigenvalue weighted by atomic mass is 9.54. The van der Waals surface area contributed by atoms with Crippen LogP contribution in [0.15, 0.2) is 4.99 Å². The fourth-order valence-corrected chi connectivity index (χ4v) is 6.12. The van der Waals surface area contributed by atoms with E-state index in [1.165, 1.54) is 32.1 Å². The predicted octanol–water partition coefficient (Wildman–Crippen LogP) is 2.06. The Morgan fingerprint density at radius 3 is 2.53 bits per heavy atom. The van der Waals surface area contributed by atoms with Crippen molar-refractivity contribution in [3.63, 3.8) is 0 Å². The van der Waals surface area contributed by atoms with Crippen molar-refractivity contribution in [1.29, 1.82) is 0 Å². The second kappa shape index (κ2) is 10.3. The topological polar surface area (TPSA) is 69.2 Å². The summed E-state index contributed by atoms with van der Waals surface area (Å²) in [4.78, 5) is 21.6. The van der Waals surface area contributed by atoms with Gasteiger partial charge >= 0.3 is 0 Å². The smallest absolute Gasteiger partial charge is 0.234 e. The zero-order valence-corrected chi connectivity index (χ0v) is 21.2. The molecule has 172 valence electrons. The first-order valence-electron chi connectivity index (χ1n) is 11.7. The second-order valence-corrected chi connectivity index (χ2v) is 9.59. The Labute approximate surface area is 198 Å². The minimum atomic E-state index is 0. The van der Waals surface area contributed by atoms with Gasteiger partial charge in [-0.15, -0.1) is 24.0 Å². The first-order valence-corrected chi connectivity index (χ1v) is 11.7. The van der Waals surface area contributed by atoms with E-state index in [9.17, 15) is 4.79 Å². The number of halogens is 1. The summed E-state index contributed by atoms with van der Waals surface area (Å²) in [7, 11) is 0. The summed E-state index contributed by atoms with van der Waals surface area (Å²) in [6.45, 7) is 12.0. The molecule has 4 aliphatic rings. The number of fused-ring (bicyclic) bond motifs is 2. The lowest BCUT2D eigenvalue weighted by Crippen LogP contribution is -2.70. The van der Waals surface area contributed by atoms with E-state index < -0.39 is 0 Å². The fourth-order valence-electron chi connectivity index (χ4n) is 6.12. The molecule has 0 aromatic heterocycles. The number of carbonyl (C=O) groups excluding carboxylic acids is 1. The average Bonchev–Trinajstić information content (AvgIpc) is 3.34. The second-order valence-electron chi connectivity index (χ2n) is 9.59. The molecular weight excluding hydrogens is 493 g/mol. The van der Waals surface area contributed by atoms with Gasteiger partial charge in [-0.2, -0.15) is 0 Å². The Morgan fingerprint density at radius 2 is 1.90 bits per heavy atom. The highest BCUT2D eigenvalue weighted by molar-refractivity contribution is 14.0. The molecule has 1 amide bonds. The lowest BCUT2D eigenvalue weighted by molar-refractivity contribution is -0.125. The average molecular weight is 533 g/mol. The minimum Gasteiger partial charge on any atom is -0.377 e. The number of carbonyl (C=O) groups is 1. The highest BCUT2D eigenvalue weighted by Gasteiger charge is 2.65. The van der Waals surface area contributed by atoms with E-state index in [1.54, 1.807) is 0 Å². The van der Waals surface area contributed by atoms with Gasteiger partial charge in [0.25, 0.3) is 0 Å². The standard InChI is InChI=1S/C22H39N5O2.HI/c1-4-23-21(27-12-10-26(11-13-27)15-18(28)24-16(2)3)25-19-17-7-14-29-20(17)22(19)8-5-6-9-22;/h16-17,19-20H,4-15H2,1-3H3,(H,23,25)(H,24,28);1H. The summed E-state index contributed by atoms with van der Waals surface area (Å²) in [5, 5.41) is 6.90. The number of piperazine rings is 1. The molecule has 2 N–H and O–H groups in total. The van der Waals surface area contributed by atoms with Crippen molar-refractivity contribution in [3.8, 4) is 0 Å². The molecule has 7 nitrogen and oxygen atoms in total. The van der Waals surface area contributed by atoms with Crippen LogP contribution in [0.1, 0.15) is 52.9 Å². The van der Waals surface area contributed by atoms with E-state index >= 15 is 0 Å². The van der Waals surface area contributed by atoms with E-state index in [0.29, 0.717) is 30.0 Å². The first kappa shape index (κ1) is 24.0. The Bertz CT molecular complexity index is 615. The van der Waals surface area contributed by atoms with E-state index in [2.05, 4.69) is 27.4 Å². The van der Waals surface area contributed by atoms with Crippen LogP contribution in [-0.2, 0) is 9.53 Å². The largest absolute Gasteiger partial charge is 0.377 e. The van der Waals surface area contributed by atoms with E-state index in [1.807, 2.05) is 13.8 Å². The zero-order valence-electron chi connectivity index (χ0n) is 18.9. The third-order valence-electron chi connectivity index (χ3n) is 7.37. The van der Waals surface area contributed by atoms with Crippen LogP contribution in [0.4, 0.5) is 0 Å². The quantitative estimate of drug-likeness (QED) is 0.322. The van der Waals surface area contributed by atoms with Gasteiger partial charge in [0.1, 0.15) is 0 Å². The van der Waals surface area contributed by atoms with Crippen molar-refractivity contribution >= 4 is 35.8 Å². The molecule has 0 bridgehead atoms. The maximum absolute atomic E-state index is 12.1. The molecular formula is C22H40IN5O2. The third-order valence-corrected chi connectivity index (χ3v) is 7.37. The van der Waals surface area contributed by atoms with E-state index in [-0.39, 0.29) is 35.9 Å². The molecule has 1 spiro atoms. The Kier molecular flexibility index (Phi) is 8.28.